The molecule has 22 heavy (non-hydrogen) atoms. The van der Waals surface area contributed by atoms with Gasteiger partial charge in [0.25, 0.3) is 5.91 Å². The molecule has 3 rings (SSSR count). The number of rotatable bonds is 4. The Balaban J connectivity index is 1.60. The van der Waals surface area contributed by atoms with Crippen molar-refractivity contribution in [1.82, 2.24) is 10.2 Å². The van der Waals surface area contributed by atoms with E-state index in [0.29, 0.717) is 24.4 Å². The van der Waals surface area contributed by atoms with Crippen molar-refractivity contribution in [3.63, 3.8) is 0 Å². The summed E-state index contributed by atoms with van der Waals surface area (Å²) in [5.74, 6) is -0.156. The molecule has 1 saturated heterocycles. The van der Waals surface area contributed by atoms with Gasteiger partial charge in [-0.2, -0.15) is 0 Å². The largest absolute Gasteiger partial charge is 0.339 e. The predicted molar refractivity (Wildman–Crippen MR) is 86.8 cm³/mol. The molecule has 2 heterocycles. The first kappa shape index (κ1) is 14.8. The van der Waals surface area contributed by atoms with E-state index in [-0.39, 0.29) is 11.8 Å². The zero-order valence-corrected chi connectivity index (χ0v) is 13.2. The second kappa shape index (κ2) is 6.32. The number of aryl methyl sites for hydroxylation is 1. The molecule has 1 aromatic carbocycles. The van der Waals surface area contributed by atoms with Crippen LogP contribution in [0.1, 0.15) is 27.2 Å². The lowest BCUT2D eigenvalue weighted by atomic mass is 10.1. The molecule has 1 atom stereocenters. The van der Waals surface area contributed by atoms with Crippen LogP contribution < -0.4 is 5.32 Å². The number of carbonyl (C=O) groups is 2. The highest BCUT2D eigenvalue weighted by molar-refractivity contribution is 7.12. The first-order valence-corrected chi connectivity index (χ1v) is 8.20. The van der Waals surface area contributed by atoms with E-state index >= 15 is 0 Å². The van der Waals surface area contributed by atoms with Crippen LogP contribution in [0.4, 0.5) is 0 Å². The van der Waals surface area contributed by atoms with Gasteiger partial charge < -0.3 is 10.2 Å². The number of thiophene rings is 1. The molecule has 1 N–H and O–H groups in total. The SMILES string of the molecule is Cc1ccc(CN2CC[C@@H](NC(=O)c3cccs3)C2=O)cc1. The van der Waals surface area contributed by atoms with Crippen molar-refractivity contribution in [2.45, 2.75) is 25.9 Å². The summed E-state index contributed by atoms with van der Waals surface area (Å²) in [4.78, 5) is 26.9. The Labute approximate surface area is 133 Å². The lowest BCUT2D eigenvalue weighted by Crippen LogP contribution is -2.41. The summed E-state index contributed by atoms with van der Waals surface area (Å²) in [5, 5.41) is 4.69. The first-order chi connectivity index (χ1) is 10.6. The molecule has 1 aromatic heterocycles. The number of nitrogens with zero attached hydrogens (tertiary/aromatic N) is 1. The molecule has 0 spiro atoms. The molecule has 0 unspecified atom stereocenters. The number of carbonyl (C=O) groups excluding carboxylic acids is 2. The van der Waals surface area contributed by atoms with Crippen molar-refractivity contribution in [1.29, 1.82) is 0 Å². The fourth-order valence-electron chi connectivity index (χ4n) is 2.58. The van der Waals surface area contributed by atoms with E-state index < -0.39 is 6.04 Å². The minimum atomic E-state index is -0.403. The van der Waals surface area contributed by atoms with Gasteiger partial charge >= 0.3 is 0 Å². The summed E-state index contributed by atoms with van der Waals surface area (Å²) in [5.41, 5.74) is 2.32. The summed E-state index contributed by atoms with van der Waals surface area (Å²) in [6, 6.07) is 11.4. The Hall–Kier alpha value is -2.14. The van der Waals surface area contributed by atoms with Crippen molar-refractivity contribution in [2.75, 3.05) is 6.54 Å². The van der Waals surface area contributed by atoms with Crippen LogP contribution in [0.5, 0.6) is 0 Å². The van der Waals surface area contributed by atoms with E-state index in [2.05, 4.69) is 5.32 Å². The van der Waals surface area contributed by atoms with Gasteiger partial charge in [0, 0.05) is 13.1 Å². The molecular formula is C17H18N2O2S. The Morgan fingerprint density at radius 1 is 1.32 bits per heavy atom. The number of likely N-dealkylation sites (tertiary alicyclic amines) is 1. The molecule has 0 bridgehead atoms. The van der Waals surface area contributed by atoms with Crippen LogP contribution in [-0.2, 0) is 11.3 Å². The molecule has 2 amide bonds. The molecule has 114 valence electrons. The van der Waals surface area contributed by atoms with Crippen LogP contribution in [0.2, 0.25) is 0 Å². The van der Waals surface area contributed by atoms with Gasteiger partial charge in [-0.25, -0.2) is 0 Å². The Morgan fingerprint density at radius 2 is 2.09 bits per heavy atom. The zero-order valence-electron chi connectivity index (χ0n) is 12.4. The average molecular weight is 314 g/mol. The molecule has 5 heteroatoms. The Kier molecular flexibility index (Phi) is 4.24. The van der Waals surface area contributed by atoms with Crippen molar-refractivity contribution in [2.24, 2.45) is 0 Å². The summed E-state index contributed by atoms with van der Waals surface area (Å²) >= 11 is 1.38. The number of benzene rings is 1. The number of nitrogens with one attached hydrogen (secondary N) is 1. The van der Waals surface area contributed by atoms with Gasteiger partial charge in [-0.15, -0.1) is 11.3 Å². The van der Waals surface area contributed by atoms with Gasteiger partial charge in [-0.05, 0) is 30.4 Å². The second-order valence-corrected chi connectivity index (χ2v) is 6.49. The first-order valence-electron chi connectivity index (χ1n) is 7.32. The standard InChI is InChI=1S/C17H18N2O2S/c1-12-4-6-13(7-5-12)11-19-9-8-14(17(19)21)18-16(20)15-3-2-10-22-15/h2-7,10,14H,8-9,11H2,1H3,(H,18,20)/t14-/m1/s1. The fraction of sp³-hybridized carbons (Fsp3) is 0.294. The third kappa shape index (κ3) is 3.20. The van der Waals surface area contributed by atoms with E-state index in [1.807, 2.05) is 47.5 Å². The molecule has 1 fully saturated rings. The van der Waals surface area contributed by atoms with E-state index in [1.165, 1.54) is 16.9 Å². The lowest BCUT2D eigenvalue weighted by Gasteiger charge is -2.17. The van der Waals surface area contributed by atoms with Crippen molar-refractivity contribution < 1.29 is 9.59 Å². The Morgan fingerprint density at radius 3 is 2.77 bits per heavy atom. The molecule has 1 aliphatic heterocycles. The highest BCUT2D eigenvalue weighted by Crippen LogP contribution is 2.17. The minimum absolute atomic E-state index is 0.00508. The van der Waals surface area contributed by atoms with Gasteiger partial charge in [0.05, 0.1) is 4.88 Å². The van der Waals surface area contributed by atoms with Crippen LogP contribution >= 0.6 is 11.3 Å². The monoisotopic (exact) mass is 314 g/mol. The smallest absolute Gasteiger partial charge is 0.261 e. The quantitative estimate of drug-likeness (QED) is 0.943. The number of hydrogen-bond donors (Lipinski definition) is 1. The van der Waals surface area contributed by atoms with Crippen LogP contribution in [0.3, 0.4) is 0 Å². The summed E-state index contributed by atoms with van der Waals surface area (Å²) in [7, 11) is 0. The number of hydrogen-bond acceptors (Lipinski definition) is 3. The minimum Gasteiger partial charge on any atom is -0.339 e. The normalized spacial score (nSPS) is 17.8. The van der Waals surface area contributed by atoms with Gasteiger partial charge in [-0.3, -0.25) is 9.59 Å². The van der Waals surface area contributed by atoms with E-state index in [1.54, 1.807) is 6.07 Å². The van der Waals surface area contributed by atoms with Gasteiger partial charge in [0.1, 0.15) is 6.04 Å². The Bertz CT molecular complexity index is 664. The maximum atomic E-state index is 12.4. The molecule has 0 aliphatic carbocycles. The fourth-order valence-corrected chi connectivity index (χ4v) is 3.21. The molecule has 0 saturated carbocycles. The second-order valence-electron chi connectivity index (χ2n) is 5.54. The number of amides is 2. The molecule has 2 aromatic rings. The highest BCUT2D eigenvalue weighted by Gasteiger charge is 2.32. The van der Waals surface area contributed by atoms with Crippen LogP contribution in [0, 0.1) is 6.92 Å². The molecule has 0 radical (unpaired) electrons. The van der Waals surface area contributed by atoms with E-state index in [4.69, 9.17) is 0 Å². The molecule has 1 aliphatic rings. The van der Waals surface area contributed by atoms with Crippen molar-refractivity contribution in [3.05, 3.63) is 57.8 Å². The van der Waals surface area contributed by atoms with E-state index in [9.17, 15) is 9.59 Å². The summed E-state index contributed by atoms with van der Waals surface area (Å²) < 4.78 is 0. The summed E-state index contributed by atoms with van der Waals surface area (Å²) in [6.07, 6.45) is 0.668. The highest BCUT2D eigenvalue weighted by atomic mass is 32.1. The van der Waals surface area contributed by atoms with Crippen molar-refractivity contribution >= 4 is 23.2 Å². The van der Waals surface area contributed by atoms with Crippen LogP contribution in [-0.4, -0.2) is 29.3 Å². The van der Waals surface area contributed by atoms with Crippen LogP contribution in [0.25, 0.3) is 0 Å². The van der Waals surface area contributed by atoms with E-state index in [0.717, 1.165) is 5.56 Å². The molecular weight excluding hydrogens is 296 g/mol. The maximum absolute atomic E-state index is 12.4. The van der Waals surface area contributed by atoms with Crippen molar-refractivity contribution in [3.8, 4) is 0 Å². The zero-order chi connectivity index (χ0) is 15.5. The predicted octanol–water partition coefficient (Wildman–Crippen LogP) is 2.59. The van der Waals surface area contributed by atoms with Gasteiger partial charge in [0.2, 0.25) is 5.91 Å². The summed E-state index contributed by atoms with van der Waals surface area (Å²) in [6.45, 7) is 3.33. The van der Waals surface area contributed by atoms with Crippen LogP contribution in [0.15, 0.2) is 41.8 Å². The molecule has 4 nitrogen and oxygen atoms in total. The van der Waals surface area contributed by atoms with Gasteiger partial charge in [0.15, 0.2) is 0 Å². The average Bonchev–Trinajstić information content (AvgIpc) is 3.15. The maximum Gasteiger partial charge on any atom is 0.261 e. The third-order valence-electron chi connectivity index (χ3n) is 3.84. The third-order valence-corrected chi connectivity index (χ3v) is 4.71. The lowest BCUT2D eigenvalue weighted by molar-refractivity contribution is -0.129. The van der Waals surface area contributed by atoms with Gasteiger partial charge in [-0.1, -0.05) is 35.9 Å². The topological polar surface area (TPSA) is 49.4 Å².